The number of nitrogens with zero attached hydrogens (tertiary/aromatic N) is 1. The minimum atomic E-state index is -0.0739. The Morgan fingerprint density at radius 3 is 2.52 bits per heavy atom. The van der Waals surface area contributed by atoms with Crippen LogP contribution in [0.15, 0.2) is 42.5 Å². The van der Waals surface area contributed by atoms with Crippen molar-refractivity contribution in [3.05, 3.63) is 64.2 Å². The quantitative estimate of drug-likeness (QED) is 0.683. The molecule has 0 saturated heterocycles. The number of halogens is 1. The average Bonchev–Trinajstić information content (AvgIpc) is 2.74. The zero-order chi connectivity index (χ0) is 20.6. The smallest absolute Gasteiger partial charge is 0.251 e. The van der Waals surface area contributed by atoms with Gasteiger partial charge in [0.2, 0.25) is 0 Å². The van der Waals surface area contributed by atoms with Crippen molar-refractivity contribution in [2.24, 2.45) is 0 Å². The van der Waals surface area contributed by atoms with Crippen LogP contribution in [0.25, 0.3) is 0 Å². The maximum absolute atomic E-state index is 12.5. The number of rotatable bonds is 7. The Hall–Kier alpha value is -2.84. The predicted molar refractivity (Wildman–Crippen MR) is 111 cm³/mol. The Morgan fingerprint density at radius 1 is 1.17 bits per heavy atom. The van der Waals surface area contributed by atoms with Crippen LogP contribution in [0, 0.1) is 11.3 Å². The lowest BCUT2D eigenvalue weighted by atomic mass is 9.92. The first-order valence-corrected chi connectivity index (χ1v) is 10.2. The lowest BCUT2D eigenvalue weighted by Gasteiger charge is -2.29. The number of carbonyl (C=O) groups is 2. The zero-order valence-corrected chi connectivity index (χ0v) is 16.8. The summed E-state index contributed by atoms with van der Waals surface area (Å²) in [6.45, 7) is 0. The minimum Gasteiger partial charge on any atom is -0.490 e. The molecular weight excluding hydrogens is 388 g/mol. The zero-order valence-electron chi connectivity index (χ0n) is 16.1. The second-order valence-corrected chi connectivity index (χ2v) is 7.63. The summed E-state index contributed by atoms with van der Waals surface area (Å²) >= 11 is 6.06. The van der Waals surface area contributed by atoms with E-state index >= 15 is 0 Å². The van der Waals surface area contributed by atoms with E-state index in [1.807, 2.05) is 18.2 Å². The van der Waals surface area contributed by atoms with E-state index in [2.05, 4.69) is 5.32 Å². The number of aryl methyl sites for hydroxylation is 1. The Kier molecular flexibility index (Phi) is 7.26. The molecule has 5 nitrogen and oxygen atoms in total. The minimum absolute atomic E-state index is 0.0734. The lowest BCUT2D eigenvalue weighted by molar-refractivity contribution is -0.107. The molecule has 1 aliphatic rings. The van der Waals surface area contributed by atoms with Crippen LogP contribution < -0.4 is 10.1 Å². The van der Waals surface area contributed by atoms with Crippen molar-refractivity contribution in [2.75, 3.05) is 0 Å². The summed E-state index contributed by atoms with van der Waals surface area (Å²) < 4.78 is 5.99. The monoisotopic (exact) mass is 410 g/mol. The van der Waals surface area contributed by atoms with E-state index in [0.29, 0.717) is 34.7 Å². The highest BCUT2D eigenvalue weighted by Gasteiger charge is 2.24. The second kappa shape index (κ2) is 10.1. The van der Waals surface area contributed by atoms with Crippen LogP contribution in [0.1, 0.15) is 53.6 Å². The lowest BCUT2D eigenvalue weighted by Crippen LogP contribution is -2.39. The molecule has 2 aromatic carbocycles. The topological polar surface area (TPSA) is 79.2 Å². The fourth-order valence-electron chi connectivity index (χ4n) is 3.49. The highest BCUT2D eigenvalue weighted by Crippen LogP contribution is 2.27. The van der Waals surface area contributed by atoms with Crippen molar-refractivity contribution in [1.82, 2.24) is 5.32 Å². The third-order valence-electron chi connectivity index (χ3n) is 5.14. The fourth-order valence-corrected chi connectivity index (χ4v) is 3.71. The van der Waals surface area contributed by atoms with Gasteiger partial charge in [-0.15, -0.1) is 0 Å². The van der Waals surface area contributed by atoms with Crippen molar-refractivity contribution in [3.63, 3.8) is 0 Å². The molecule has 0 spiro atoms. The molecular formula is C23H23ClN2O3. The van der Waals surface area contributed by atoms with E-state index < -0.39 is 0 Å². The Bertz CT molecular complexity index is 897. The summed E-state index contributed by atoms with van der Waals surface area (Å²) in [5.74, 6) is 0.589. The van der Waals surface area contributed by atoms with Crippen LogP contribution in [-0.4, -0.2) is 24.3 Å². The standard InChI is InChI=1S/C23H23ClN2O3/c24-22-14-21(10-7-18(22)15-25)29-20-11-8-19(9-12-20)26-23(28)17-5-3-16(4-6-17)2-1-13-27/h3-7,10,13-14,19-20H,1-2,8-9,11-12H2,(H,26,28). The molecule has 0 atom stereocenters. The van der Waals surface area contributed by atoms with Crippen molar-refractivity contribution in [1.29, 1.82) is 5.26 Å². The number of hydrogen-bond acceptors (Lipinski definition) is 4. The summed E-state index contributed by atoms with van der Waals surface area (Å²) in [6.07, 6.45) is 5.53. The molecule has 29 heavy (non-hydrogen) atoms. The van der Waals surface area contributed by atoms with Crippen molar-refractivity contribution in [3.8, 4) is 11.8 Å². The molecule has 150 valence electrons. The molecule has 1 fully saturated rings. The summed E-state index contributed by atoms with van der Waals surface area (Å²) in [5.41, 5.74) is 2.11. The first kappa shape index (κ1) is 20.9. The Balaban J connectivity index is 1.47. The van der Waals surface area contributed by atoms with Gasteiger partial charge in [0.05, 0.1) is 16.7 Å². The fraction of sp³-hybridized carbons (Fsp3) is 0.348. The van der Waals surface area contributed by atoms with Crippen molar-refractivity contribution in [2.45, 2.75) is 50.7 Å². The van der Waals surface area contributed by atoms with Gasteiger partial charge in [0.1, 0.15) is 18.1 Å². The van der Waals surface area contributed by atoms with Gasteiger partial charge in [-0.25, -0.2) is 0 Å². The summed E-state index contributed by atoms with van der Waals surface area (Å²) in [6, 6.07) is 14.7. The van der Waals surface area contributed by atoms with Crippen molar-refractivity contribution >= 4 is 23.8 Å². The van der Waals surface area contributed by atoms with Gasteiger partial charge < -0.3 is 14.8 Å². The Morgan fingerprint density at radius 2 is 1.90 bits per heavy atom. The average molecular weight is 411 g/mol. The van der Waals surface area contributed by atoms with Gasteiger partial charge in [0.25, 0.3) is 5.91 Å². The number of benzene rings is 2. The first-order valence-electron chi connectivity index (χ1n) is 9.79. The molecule has 0 heterocycles. The van der Waals surface area contributed by atoms with Gasteiger partial charge in [0.15, 0.2) is 0 Å². The molecule has 0 unspecified atom stereocenters. The normalized spacial score (nSPS) is 18.5. The molecule has 6 heteroatoms. The predicted octanol–water partition coefficient (Wildman–Crippen LogP) is 4.46. The van der Waals surface area contributed by atoms with E-state index in [9.17, 15) is 9.59 Å². The molecule has 1 amide bonds. The van der Waals surface area contributed by atoms with Gasteiger partial charge in [-0.1, -0.05) is 23.7 Å². The first-order chi connectivity index (χ1) is 14.1. The third-order valence-corrected chi connectivity index (χ3v) is 5.45. The number of nitrogens with one attached hydrogen (secondary N) is 1. The van der Waals surface area contributed by atoms with Crippen LogP contribution in [0.3, 0.4) is 0 Å². The highest BCUT2D eigenvalue weighted by atomic mass is 35.5. The van der Waals surface area contributed by atoms with Crippen LogP contribution in [0.4, 0.5) is 0 Å². The van der Waals surface area contributed by atoms with Crippen LogP contribution in [0.2, 0.25) is 5.02 Å². The largest absolute Gasteiger partial charge is 0.490 e. The summed E-state index contributed by atoms with van der Waals surface area (Å²) in [7, 11) is 0. The van der Waals surface area contributed by atoms with Gasteiger partial charge in [-0.3, -0.25) is 4.79 Å². The second-order valence-electron chi connectivity index (χ2n) is 7.22. The third kappa shape index (κ3) is 5.82. The molecule has 0 bridgehead atoms. The molecule has 1 saturated carbocycles. The molecule has 2 aromatic rings. The summed E-state index contributed by atoms with van der Waals surface area (Å²) in [4.78, 5) is 22.9. The number of carbonyl (C=O) groups excluding carboxylic acids is 2. The van der Waals surface area contributed by atoms with Gasteiger partial charge in [-0.05, 0) is 61.9 Å². The Labute approximate surface area is 175 Å². The van der Waals surface area contributed by atoms with Crippen LogP contribution >= 0.6 is 11.6 Å². The van der Waals surface area contributed by atoms with E-state index in [-0.39, 0.29) is 18.1 Å². The highest BCUT2D eigenvalue weighted by molar-refractivity contribution is 6.31. The van der Waals surface area contributed by atoms with E-state index in [1.54, 1.807) is 30.3 Å². The summed E-state index contributed by atoms with van der Waals surface area (Å²) in [5, 5.41) is 12.4. The number of ether oxygens (including phenoxy) is 1. The van der Waals surface area contributed by atoms with Gasteiger partial charge >= 0.3 is 0 Å². The van der Waals surface area contributed by atoms with Gasteiger partial charge in [-0.2, -0.15) is 5.26 Å². The number of amides is 1. The van der Waals surface area contributed by atoms with Gasteiger partial charge in [0, 0.05) is 24.1 Å². The van der Waals surface area contributed by atoms with Crippen LogP contribution in [0.5, 0.6) is 5.75 Å². The maximum Gasteiger partial charge on any atom is 0.251 e. The van der Waals surface area contributed by atoms with Crippen LogP contribution in [-0.2, 0) is 11.2 Å². The van der Waals surface area contributed by atoms with E-state index in [1.165, 1.54) is 0 Å². The number of hydrogen-bond donors (Lipinski definition) is 1. The SMILES string of the molecule is N#Cc1ccc(OC2CCC(NC(=O)c3ccc(CCC=O)cc3)CC2)cc1Cl. The number of nitriles is 1. The molecule has 0 aliphatic heterocycles. The van der Waals surface area contributed by atoms with E-state index in [4.69, 9.17) is 21.6 Å². The van der Waals surface area contributed by atoms with E-state index in [0.717, 1.165) is 37.5 Å². The number of aldehydes is 1. The molecule has 0 aromatic heterocycles. The maximum atomic E-state index is 12.5. The van der Waals surface area contributed by atoms with Crippen molar-refractivity contribution < 1.29 is 14.3 Å². The molecule has 0 radical (unpaired) electrons. The molecule has 1 N–H and O–H groups in total. The molecule has 1 aliphatic carbocycles. The molecule has 3 rings (SSSR count).